The van der Waals surface area contributed by atoms with Gasteiger partial charge < -0.3 is 10.0 Å². The predicted molar refractivity (Wildman–Crippen MR) is 72.3 cm³/mol. The topological polar surface area (TPSA) is 53.4 Å². The molecule has 0 aliphatic rings. The number of anilines is 1. The number of nitrogens with zero attached hydrogens (tertiary/aromatic N) is 2. The highest BCUT2D eigenvalue weighted by Crippen LogP contribution is 2.26. The molecule has 0 fully saturated rings. The van der Waals surface area contributed by atoms with Crippen LogP contribution in [0, 0.1) is 0 Å². The van der Waals surface area contributed by atoms with E-state index in [-0.39, 0.29) is 6.42 Å². The van der Waals surface area contributed by atoms with Crippen LogP contribution in [0.2, 0.25) is 5.02 Å². The first-order valence-electron chi connectivity index (χ1n) is 5.55. The summed E-state index contributed by atoms with van der Waals surface area (Å²) in [6, 6.07) is 7.38. The van der Waals surface area contributed by atoms with Crippen LogP contribution in [0.3, 0.4) is 0 Å². The number of pyridine rings is 1. The zero-order valence-electron chi connectivity index (χ0n) is 9.93. The molecule has 1 aromatic heterocycles. The number of hydrogen-bond acceptors (Lipinski definition) is 3. The van der Waals surface area contributed by atoms with Crippen molar-refractivity contribution in [2.24, 2.45) is 0 Å². The number of aliphatic carboxylic acids is 1. The van der Waals surface area contributed by atoms with Gasteiger partial charge in [0.25, 0.3) is 0 Å². The van der Waals surface area contributed by atoms with Gasteiger partial charge in [-0.25, -0.2) is 0 Å². The molecule has 0 amide bonds. The van der Waals surface area contributed by atoms with Gasteiger partial charge in [0, 0.05) is 35.9 Å². The molecule has 1 aromatic carbocycles. The number of benzene rings is 1. The van der Waals surface area contributed by atoms with Gasteiger partial charge in [-0.1, -0.05) is 11.6 Å². The van der Waals surface area contributed by atoms with E-state index >= 15 is 0 Å². The van der Waals surface area contributed by atoms with Crippen LogP contribution >= 0.6 is 11.6 Å². The first-order valence-corrected chi connectivity index (χ1v) is 5.93. The van der Waals surface area contributed by atoms with Crippen LogP contribution in [-0.4, -0.2) is 29.7 Å². The number of hydrogen-bond donors (Lipinski definition) is 1. The molecule has 0 saturated heterocycles. The van der Waals surface area contributed by atoms with Crippen molar-refractivity contribution < 1.29 is 9.90 Å². The molecular weight excluding hydrogens is 252 g/mol. The molecule has 0 unspecified atom stereocenters. The molecule has 0 aliphatic heterocycles. The summed E-state index contributed by atoms with van der Waals surface area (Å²) in [6.07, 6.45) is 1.80. The quantitative estimate of drug-likeness (QED) is 0.923. The Hall–Kier alpha value is -1.81. The second-order valence-corrected chi connectivity index (χ2v) is 4.49. The Morgan fingerprint density at radius 1 is 1.44 bits per heavy atom. The second kappa shape index (κ2) is 5.23. The van der Waals surface area contributed by atoms with Crippen LogP contribution in [0.5, 0.6) is 0 Å². The lowest BCUT2D eigenvalue weighted by atomic mass is 10.1. The van der Waals surface area contributed by atoms with E-state index in [1.165, 1.54) is 0 Å². The van der Waals surface area contributed by atoms with Gasteiger partial charge >= 0.3 is 5.97 Å². The zero-order chi connectivity index (χ0) is 13.1. The largest absolute Gasteiger partial charge is 0.481 e. The summed E-state index contributed by atoms with van der Waals surface area (Å²) in [4.78, 5) is 16.7. The number of rotatable bonds is 4. The monoisotopic (exact) mass is 264 g/mol. The minimum absolute atomic E-state index is 0.105. The summed E-state index contributed by atoms with van der Waals surface area (Å²) in [5.41, 5.74) is 1.76. The van der Waals surface area contributed by atoms with Crippen molar-refractivity contribution in [3.05, 3.63) is 35.5 Å². The highest BCUT2D eigenvalue weighted by molar-refractivity contribution is 6.31. The van der Waals surface area contributed by atoms with Crippen LogP contribution in [0.1, 0.15) is 6.42 Å². The molecule has 1 N–H and O–H groups in total. The summed E-state index contributed by atoms with van der Waals surface area (Å²) in [5.74, 6) is -0.803. The standard InChI is InChI=1S/C13H13ClN2O2/c1-16(7-5-13(17)18)12-4-6-15-11-8-9(14)2-3-10(11)12/h2-4,6,8H,5,7H2,1H3,(H,17,18). The maximum absolute atomic E-state index is 10.6. The third-order valence-electron chi connectivity index (χ3n) is 2.75. The highest BCUT2D eigenvalue weighted by atomic mass is 35.5. The van der Waals surface area contributed by atoms with Crippen LogP contribution in [0.15, 0.2) is 30.5 Å². The lowest BCUT2D eigenvalue weighted by molar-refractivity contribution is -0.136. The van der Waals surface area contributed by atoms with E-state index in [0.29, 0.717) is 11.6 Å². The molecule has 5 heteroatoms. The maximum Gasteiger partial charge on any atom is 0.305 e. The van der Waals surface area contributed by atoms with E-state index in [9.17, 15) is 4.79 Å². The fraction of sp³-hybridized carbons (Fsp3) is 0.231. The first-order chi connectivity index (χ1) is 8.58. The summed E-state index contributed by atoms with van der Waals surface area (Å²) in [5, 5.41) is 10.3. The molecule has 0 atom stereocenters. The van der Waals surface area contributed by atoms with Crippen molar-refractivity contribution in [2.45, 2.75) is 6.42 Å². The number of fused-ring (bicyclic) bond motifs is 1. The molecule has 0 spiro atoms. The molecule has 2 aromatic rings. The van der Waals surface area contributed by atoms with E-state index in [4.69, 9.17) is 16.7 Å². The highest BCUT2D eigenvalue weighted by Gasteiger charge is 2.08. The normalized spacial score (nSPS) is 10.6. The summed E-state index contributed by atoms with van der Waals surface area (Å²) in [7, 11) is 1.87. The van der Waals surface area contributed by atoms with Crippen molar-refractivity contribution in [3.8, 4) is 0 Å². The Morgan fingerprint density at radius 3 is 2.94 bits per heavy atom. The minimum Gasteiger partial charge on any atom is -0.481 e. The van der Waals surface area contributed by atoms with Gasteiger partial charge in [0.1, 0.15) is 0 Å². The zero-order valence-corrected chi connectivity index (χ0v) is 10.7. The average Bonchev–Trinajstić information content (AvgIpc) is 2.34. The lowest BCUT2D eigenvalue weighted by Gasteiger charge is -2.20. The molecule has 0 aliphatic carbocycles. The second-order valence-electron chi connectivity index (χ2n) is 4.06. The van der Waals surface area contributed by atoms with Crippen LogP contribution in [0.25, 0.3) is 10.9 Å². The van der Waals surface area contributed by atoms with E-state index in [2.05, 4.69) is 4.98 Å². The fourth-order valence-electron chi connectivity index (χ4n) is 1.82. The van der Waals surface area contributed by atoms with Gasteiger partial charge in [-0.05, 0) is 24.3 Å². The Kier molecular flexibility index (Phi) is 3.67. The van der Waals surface area contributed by atoms with Crippen LogP contribution in [0.4, 0.5) is 5.69 Å². The van der Waals surface area contributed by atoms with Crippen molar-refractivity contribution in [1.82, 2.24) is 4.98 Å². The van der Waals surface area contributed by atoms with E-state index in [1.54, 1.807) is 18.3 Å². The third kappa shape index (κ3) is 2.71. The Morgan fingerprint density at radius 2 is 2.22 bits per heavy atom. The maximum atomic E-state index is 10.6. The third-order valence-corrected chi connectivity index (χ3v) is 2.99. The van der Waals surface area contributed by atoms with E-state index in [1.807, 2.05) is 24.1 Å². The molecule has 18 heavy (non-hydrogen) atoms. The van der Waals surface area contributed by atoms with Gasteiger partial charge in [0.2, 0.25) is 0 Å². The van der Waals surface area contributed by atoms with Gasteiger partial charge in [0.15, 0.2) is 0 Å². The molecule has 4 nitrogen and oxygen atoms in total. The number of aromatic nitrogens is 1. The van der Waals surface area contributed by atoms with Gasteiger partial charge in [0.05, 0.1) is 11.9 Å². The minimum atomic E-state index is -0.803. The summed E-state index contributed by atoms with van der Waals surface area (Å²) >= 11 is 5.92. The molecule has 94 valence electrons. The number of carbonyl (C=O) groups is 1. The smallest absolute Gasteiger partial charge is 0.305 e. The van der Waals surface area contributed by atoms with Gasteiger partial charge in [-0.2, -0.15) is 0 Å². The predicted octanol–water partition coefficient (Wildman–Crippen LogP) is 2.80. The Bertz CT molecular complexity index is 586. The van der Waals surface area contributed by atoms with E-state index < -0.39 is 5.97 Å². The molecular formula is C13H13ClN2O2. The Balaban J connectivity index is 2.35. The van der Waals surface area contributed by atoms with Crippen molar-refractivity contribution in [2.75, 3.05) is 18.5 Å². The SMILES string of the molecule is CN(CCC(=O)O)c1ccnc2cc(Cl)ccc12. The molecule has 0 bridgehead atoms. The summed E-state index contributed by atoms with van der Waals surface area (Å²) < 4.78 is 0. The van der Waals surface area contributed by atoms with Crippen LogP contribution in [-0.2, 0) is 4.79 Å². The van der Waals surface area contributed by atoms with Crippen molar-refractivity contribution in [3.63, 3.8) is 0 Å². The fourth-order valence-corrected chi connectivity index (χ4v) is 1.99. The molecule has 1 heterocycles. The molecule has 0 saturated carbocycles. The van der Waals surface area contributed by atoms with E-state index in [0.717, 1.165) is 16.6 Å². The van der Waals surface area contributed by atoms with Crippen LogP contribution < -0.4 is 4.90 Å². The number of carboxylic acids is 1. The number of carboxylic acid groups (broad SMARTS) is 1. The summed E-state index contributed by atoms with van der Waals surface area (Å²) in [6.45, 7) is 0.455. The van der Waals surface area contributed by atoms with Crippen molar-refractivity contribution in [1.29, 1.82) is 0 Å². The average molecular weight is 265 g/mol. The molecule has 2 rings (SSSR count). The molecule has 0 radical (unpaired) electrons. The lowest BCUT2D eigenvalue weighted by Crippen LogP contribution is -2.21. The van der Waals surface area contributed by atoms with Gasteiger partial charge in [-0.15, -0.1) is 0 Å². The number of halogens is 1. The van der Waals surface area contributed by atoms with Gasteiger partial charge in [-0.3, -0.25) is 9.78 Å². The Labute approximate surface area is 110 Å². The first kappa shape index (κ1) is 12.6. The van der Waals surface area contributed by atoms with Crippen molar-refractivity contribution >= 4 is 34.2 Å².